The van der Waals surface area contributed by atoms with Gasteiger partial charge in [0.15, 0.2) is 17.1 Å². The van der Waals surface area contributed by atoms with Gasteiger partial charge < -0.3 is 15.2 Å². The Bertz CT molecular complexity index is 1020. The topological polar surface area (TPSA) is 99.7 Å². The summed E-state index contributed by atoms with van der Waals surface area (Å²) in [5, 5.41) is 0. The number of rotatable bonds is 6. The Morgan fingerprint density at radius 3 is 2.67 bits per heavy atom. The number of carbonyl (C=O) groups excluding carboxylic acids is 1. The number of hydrogen-bond acceptors (Lipinski definition) is 7. The fourth-order valence-corrected chi connectivity index (χ4v) is 3.26. The average Bonchev–Trinajstić information content (AvgIpc) is 2.74. The number of nitrogens with two attached hydrogens (primary N) is 1. The van der Waals surface area contributed by atoms with Gasteiger partial charge in [-0.05, 0) is 24.1 Å². The molecule has 30 heavy (non-hydrogen) atoms. The molecule has 2 aromatic rings. The van der Waals surface area contributed by atoms with Gasteiger partial charge in [-0.25, -0.2) is 19.4 Å². The maximum Gasteiger partial charge on any atom is 0.310 e. The zero-order valence-electron chi connectivity index (χ0n) is 16.3. The van der Waals surface area contributed by atoms with Crippen LogP contribution in [-0.2, 0) is 16.7 Å². The highest BCUT2D eigenvalue weighted by molar-refractivity contribution is 5.95. The van der Waals surface area contributed by atoms with Crippen molar-refractivity contribution in [3.05, 3.63) is 65.1 Å². The van der Waals surface area contributed by atoms with Crippen LogP contribution in [0.4, 0.5) is 13.2 Å². The van der Waals surface area contributed by atoms with Crippen molar-refractivity contribution in [2.75, 3.05) is 13.7 Å². The first-order valence-electron chi connectivity index (χ1n) is 9.01. The molecule has 0 radical (unpaired) electrons. The molecule has 1 unspecified atom stereocenters. The molecule has 1 aliphatic rings. The number of hydrogen-bond donors (Lipinski definition) is 1. The van der Waals surface area contributed by atoms with Crippen LogP contribution in [0.25, 0.3) is 0 Å². The van der Waals surface area contributed by atoms with Gasteiger partial charge in [-0.2, -0.15) is 8.78 Å². The van der Waals surface area contributed by atoms with Gasteiger partial charge in [0.25, 0.3) is 0 Å². The summed E-state index contributed by atoms with van der Waals surface area (Å²) < 4.78 is 51.9. The maximum absolute atomic E-state index is 14.7. The molecule has 3 rings (SSSR count). The molecule has 158 valence electrons. The number of aliphatic imine (C=N–C) groups is 1. The number of benzene rings is 1. The smallest absolute Gasteiger partial charge is 0.310 e. The number of amidine groups is 1. The Labute approximate surface area is 170 Å². The Kier molecular flexibility index (Phi) is 6.04. The minimum Gasteiger partial charge on any atom is -0.482 e. The van der Waals surface area contributed by atoms with Crippen molar-refractivity contribution < 1.29 is 27.4 Å². The third-order valence-corrected chi connectivity index (χ3v) is 4.72. The molecule has 0 amide bonds. The molecule has 0 fully saturated rings. The largest absolute Gasteiger partial charge is 0.482 e. The summed E-state index contributed by atoms with van der Waals surface area (Å²) in [5.74, 6) is -1.68. The van der Waals surface area contributed by atoms with Crippen LogP contribution in [0, 0.1) is 5.82 Å². The van der Waals surface area contributed by atoms with Crippen LogP contribution in [0.15, 0.2) is 47.4 Å². The number of halogens is 3. The molecule has 1 atom stereocenters. The lowest BCUT2D eigenvalue weighted by molar-refractivity contribution is 0.0987. The number of aromatic nitrogens is 2. The molecule has 0 spiro atoms. The lowest BCUT2D eigenvalue weighted by atomic mass is 9.83. The zero-order chi connectivity index (χ0) is 21.9. The lowest BCUT2D eigenvalue weighted by Crippen LogP contribution is -2.39. The summed E-state index contributed by atoms with van der Waals surface area (Å²) in [6.45, 7) is 1.25. The SMILES string of the molecule is CCC1(c2cc(CC(=O)c3cnc(OC)cn3)ccc2F)N=C(N)COC1=C(F)F. The van der Waals surface area contributed by atoms with E-state index in [1.54, 1.807) is 6.92 Å². The van der Waals surface area contributed by atoms with Crippen molar-refractivity contribution in [1.29, 1.82) is 0 Å². The third-order valence-electron chi connectivity index (χ3n) is 4.72. The second-order valence-corrected chi connectivity index (χ2v) is 6.55. The Morgan fingerprint density at radius 1 is 1.30 bits per heavy atom. The molecule has 0 aliphatic carbocycles. The first-order chi connectivity index (χ1) is 14.3. The van der Waals surface area contributed by atoms with Gasteiger partial charge >= 0.3 is 6.08 Å². The second kappa shape index (κ2) is 8.52. The first kappa shape index (κ1) is 21.3. The van der Waals surface area contributed by atoms with Gasteiger partial charge in [0.1, 0.15) is 24.0 Å². The van der Waals surface area contributed by atoms with Crippen LogP contribution < -0.4 is 10.5 Å². The van der Waals surface area contributed by atoms with E-state index in [4.69, 9.17) is 15.2 Å². The summed E-state index contributed by atoms with van der Waals surface area (Å²) in [4.78, 5) is 24.6. The first-order valence-corrected chi connectivity index (χ1v) is 9.01. The molecule has 10 heteroatoms. The summed E-state index contributed by atoms with van der Waals surface area (Å²) in [6, 6.07) is 3.81. The predicted molar refractivity (Wildman–Crippen MR) is 102 cm³/mol. The highest BCUT2D eigenvalue weighted by atomic mass is 19.3. The fourth-order valence-electron chi connectivity index (χ4n) is 3.26. The van der Waals surface area contributed by atoms with Crippen LogP contribution in [-0.4, -0.2) is 35.3 Å². The van der Waals surface area contributed by atoms with E-state index in [1.807, 2.05) is 0 Å². The summed E-state index contributed by atoms with van der Waals surface area (Å²) in [6.07, 6.45) is 0.276. The molecule has 1 aliphatic heterocycles. The number of carbonyl (C=O) groups is 1. The monoisotopic (exact) mass is 420 g/mol. The molecular formula is C20H19F3N4O3. The third kappa shape index (κ3) is 3.98. The van der Waals surface area contributed by atoms with Crippen LogP contribution in [0.3, 0.4) is 0 Å². The van der Waals surface area contributed by atoms with Gasteiger partial charge in [-0.1, -0.05) is 13.0 Å². The molecule has 0 saturated heterocycles. The molecule has 1 aromatic carbocycles. The average molecular weight is 420 g/mol. The Morgan fingerprint density at radius 2 is 2.07 bits per heavy atom. The van der Waals surface area contributed by atoms with E-state index >= 15 is 0 Å². The van der Waals surface area contributed by atoms with Crippen molar-refractivity contribution in [2.45, 2.75) is 25.3 Å². The van der Waals surface area contributed by atoms with Crippen molar-refractivity contribution in [1.82, 2.24) is 9.97 Å². The van der Waals surface area contributed by atoms with Crippen molar-refractivity contribution >= 4 is 11.6 Å². The van der Waals surface area contributed by atoms with E-state index in [-0.39, 0.29) is 48.2 Å². The Balaban J connectivity index is 2.00. The standard InChI is InChI=1S/C20H19F3N4O3/c1-3-20(18(19(22)23)30-10-16(24)27-20)12-6-11(4-5-13(12)21)7-15(28)14-8-26-17(29-2)9-25-14/h4-6,8-9H,3,7,10H2,1-2H3,(H2,24,27). The van der Waals surface area contributed by atoms with E-state index in [0.717, 1.165) is 6.07 Å². The van der Waals surface area contributed by atoms with Gasteiger partial charge in [0.05, 0.1) is 19.5 Å². The lowest BCUT2D eigenvalue weighted by Gasteiger charge is -2.35. The van der Waals surface area contributed by atoms with Crippen LogP contribution in [0.1, 0.15) is 35.0 Å². The molecule has 0 bridgehead atoms. The summed E-state index contributed by atoms with van der Waals surface area (Å²) >= 11 is 0. The molecule has 0 saturated carbocycles. The fraction of sp³-hybridized carbons (Fsp3) is 0.300. The van der Waals surface area contributed by atoms with Gasteiger partial charge in [0, 0.05) is 12.0 Å². The maximum atomic E-state index is 14.7. The molecule has 7 nitrogen and oxygen atoms in total. The summed E-state index contributed by atoms with van der Waals surface area (Å²) in [5.41, 5.74) is 4.22. The van der Waals surface area contributed by atoms with Crippen molar-refractivity contribution in [2.24, 2.45) is 10.7 Å². The zero-order valence-corrected chi connectivity index (χ0v) is 16.3. The van der Waals surface area contributed by atoms with Crippen molar-refractivity contribution in [3.63, 3.8) is 0 Å². The second-order valence-electron chi connectivity index (χ2n) is 6.55. The minimum absolute atomic E-state index is 0.0291. The number of methoxy groups -OCH3 is 1. The molecule has 2 N–H and O–H groups in total. The van der Waals surface area contributed by atoms with E-state index in [0.29, 0.717) is 5.56 Å². The van der Waals surface area contributed by atoms with Gasteiger partial charge in [-0.15, -0.1) is 0 Å². The van der Waals surface area contributed by atoms with Crippen LogP contribution in [0.2, 0.25) is 0 Å². The number of ether oxygens (including phenoxy) is 2. The van der Waals surface area contributed by atoms with E-state index in [1.165, 1.54) is 31.6 Å². The highest BCUT2D eigenvalue weighted by Gasteiger charge is 2.44. The molecule has 2 heterocycles. The number of ketones is 1. The number of nitrogens with zero attached hydrogens (tertiary/aromatic N) is 3. The number of Topliss-reactive ketones (excluding diaryl/α,β-unsaturated/α-hetero) is 1. The summed E-state index contributed by atoms with van der Waals surface area (Å²) in [7, 11) is 1.42. The molecule has 1 aromatic heterocycles. The highest BCUT2D eigenvalue weighted by Crippen LogP contribution is 2.43. The van der Waals surface area contributed by atoms with Crippen LogP contribution in [0.5, 0.6) is 5.88 Å². The quantitative estimate of drug-likeness (QED) is 0.721. The van der Waals surface area contributed by atoms with Crippen molar-refractivity contribution in [3.8, 4) is 5.88 Å². The van der Waals surface area contributed by atoms with Gasteiger partial charge in [0.2, 0.25) is 5.88 Å². The minimum atomic E-state index is -2.11. The Hall–Kier alpha value is -3.43. The predicted octanol–water partition coefficient (Wildman–Crippen LogP) is 3.15. The normalized spacial score (nSPS) is 18.4. The van der Waals surface area contributed by atoms with Crippen LogP contribution >= 0.6 is 0 Å². The van der Waals surface area contributed by atoms with E-state index in [2.05, 4.69) is 15.0 Å². The van der Waals surface area contributed by atoms with E-state index < -0.39 is 23.2 Å². The van der Waals surface area contributed by atoms with Gasteiger partial charge in [-0.3, -0.25) is 4.79 Å². The molecular weight excluding hydrogens is 401 g/mol. The van der Waals surface area contributed by atoms with E-state index in [9.17, 15) is 18.0 Å².